The summed E-state index contributed by atoms with van der Waals surface area (Å²) in [7, 11) is 0. The second kappa shape index (κ2) is 9.55. The topological polar surface area (TPSA) is 58.2 Å². The van der Waals surface area contributed by atoms with Crippen LogP contribution in [0.3, 0.4) is 0 Å². The number of nitrogens with one attached hydrogen (secondary N) is 2. The Morgan fingerprint density at radius 3 is 2.71 bits per heavy atom. The van der Waals surface area contributed by atoms with Gasteiger partial charge in [0, 0.05) is 16.1 Å². The summed E-state index contributed by atoms with van der Waals surface area (Å²) in [4.78, 5) is 23.6. The Labute approximate surface area is 134 Å². The van der Waals surface area contributed by atoms with Crippen molar-refractivity contribution in [3.63, 3.8) is 0 Å². The van der Waals surface area contributed by atoms with Crippen LogP contribution in [-0.4, -0.2) is 24.4 Å². The maximum Gasteiger partial charge on any atom is 0.251 e. The lowest BCUT2D eigenvalue weighted by molar-refractivity contribution is -0.120. The van der Waals surface area contributed by atoms with E-state index in [-0.39, 0.29) is 24.4 Å². The molecule has 0 bridgehead atoms. The quantitative estimate of drug-likeness (QED) is 0.704. The maximum absolute atomic E-state index is 11.9. The van der Waals surface area contributed by atoms with Gasteiger partial charge in [0.15, 0.2) is 0 Å². The number of amides is 2. The zero-order chi connectivity index (χ0) is 15.7. The first-order valence-electron chi connectivity index (χ1n) is 7.36. The molecular formula is C16H23BrN2O2. The van der Waals surface area contributed by atoms with Gasteiger partial charge in [0.2, 0.25) is 5.91 Å². The molecule has 1 aromatic carbocycles. The number of rotatable bonds is 8. The molecular weight excluding hydrogens is 332 g/mol. The van der Waals surface area contributed by atoms with Gasteiger partial charge in [-0.2, -0.15) is 0 Å². The fourth-order valence-electron chi connectivity index (χ4n) is 1.99. The van der Waals surface area contributed by atoms with Crippen molar-refractivity contribution in [1.29, 1.82) is 0 Å². The number of unbranched alkanes of at least 4 members (excludes halogenated alkanes) is 2. The van der Waals surface area contributed by atoms with Crippen LogP contribution < -0.4 is 10.6 Å². The highest BCUT2D eigenvalue weighted by Crippen LogP contribution is 2.11. The van der Waals surface area contributed by atoms with Crippen molar-refractivity contribution >= 4 is 27.7 Å². The van der Waals surface area contributed by atoms with E-state index in [1.165, 1.54) is 12.8 Å². The highest BCUT2D eigenvalue weighted by Gasteiger charge is 2.10. The van der Waals surface area contributed by atoms with Crippen LogP contribution in [0.2, 0.25) is 0 Å². The van der Waals surface area contributed by atoms with Gasteiger partial charge < -0.3 is 10.6 Å². The molecule has 2 amide bonds. The van der Waals surface area contributed by atoms with Gasteiger partial charge in [-0.05, 0) is 31.5 Å². The average molecular weight is 355 g/mol. The minimum Gasteiger partial charge on any atom is -0.352 e. The van der Waals surface area contributed by atoms with E-state index >= 15 is 0 Å². The van der Waals surface area contributed by atoms with Crippen molar-refractivity contribution in [3.05, 3.63) is 34.3 Å². The van der Waals surface area contributed by atoms with E-state index in [1.807, 2.05) is 13.0 Å². The molecule has 21 heavy (non-hydrogen) atoms. The maximum atomic E-state index is 11.9. The summed E-state index contributed by atoms with van der Waals surface area (Å²) in [6.45, 7) is 4.15. The van der Waals surface area contributed by atoms with Crippen molar-refractivity contribution in [2.45, 2.75) is 45.6 Å². The SMILES string of the molecule is CCCCCC(C)NC(=O)CNC(=O)c1cccc(Br)c1. The molecule has 0 fully saturated rings. The summed E-state index contributed by atoms with van der Waals surface area (Å²) in [6, 6.07) is 7.22. The first-order chi connectivity index (χ1) is 10.0. The summed E-state index contributed by atoms with van der Waals surface area (Å²) in [5, 5.41) is 5.52. The summed E-state index contributed by atoms with van der Waals surface area (Å²) in [5.74, 6) is -0.396. The zero-order valence-electron chi connectivity index (χ0n) is 12.6. The van der Waals surface area contributed by atoms with Crippen LogP contribution in [0.15, 0.2) is 28.7 Å². The summed E-state index contributed by atoms with van der Waals surface area (Å²) in [5.41, 5.74) is 0.535. The number of carbonyl (C=O) groups is 2. The Hall–Kier alpha value is -1.36. The van der Waals surface area contributed by atoms with Gasteiger partial charge >= 0.3 is 0 Å². The molecule has 5 heteroatoms. The third kappa shape index (κ3) is 7.27. The molecule has 0 saturated carbocycles. The second-order valence-corrected chi connectivity index (χ2v) is 6.07. The molecule has 0 aliphatic rings. The average Bonchev–Trinajstić information content (AvgIpc) is 2.45. The van der Waals surface area contributed by atoms with Crippen LogP contribution in [0.25, 0.3) is 0 Å². The van der Waals surface area contributed by atoms with Crippen LogP contribution in [0.5, 0.6) is 0 Å². The summed E-state index contributed by atoms with van der Waals surface area (Å²) >= 11 is 3.31. The number of hydrogen-bond donors (Lipinski definition) is 2. The minimum absolute atomic E-state index is 0.00344. The summed E-state index contributed by atoms with van der Waals surface area (Å²) in [6.07, 6.45) is 4.44. The number of halogens is 1. The molecule has 0 aliphatic carbocycles. The first-order valence-corrected chi connectivity index (χ1v) is 8.15. The van der Waals surface area contributed by atoms with E-state index in [1.54, 1.807) is 18.2 Å². The van der Waals surface area contributed by atoms with Crippen molar-refractivity contribution < 1.29 is 9.59 Å². The van der Waals surface area contributed by atoms with Crippen molar-refractivity contribution in [3.8, 4) is 0 Å². The molecule has 0 saturated heterocycles. The summed E-state index contributed by atoms with van der Waals surface area (Å²) < 4.78 is 0.837. The fraction of sp³-hybridized carbons (Fsp3) is 0.500. The normalized spacial score (nSPS) is 11.8. The van der Waals surface area contributed by atoms with Crippen molar-refractivity contribution in [2.75, 3.05) is 6.54 Å². The molecule has 116 valence electrons. The third-order valence-corrected chi connectivity index (χ3v) is 3.64. The Kier molecular flexibility index (Phi) is 8.05. The number of carbonyl (C=O) groups excluding carboxylic acids is 2. The molecule has 0 radical (unpaired) electrons. The van der Waals surface area contributed by atoms with E-state index in [0.717, 1.165) is 17.3 Å². The number of hydrogen-bond acceptors (Lipinski definition) is 2. The highest BCUT2D eigenvalue weighted by molar-refractivity contribution is 9.10. The molecule has 1 rings (SSSR count). The molecule has 4 nitrogen and oxygen atoms in total. The molecule has 1 atom stereocenters. The van der Waals surface area contributed by atoms with Gasteiger partial charge in [0.25, 0.3) is 5.91 Å². The minimum atomic E-state index is -0.245. The van der Waals surface area contributed by atoms with Crippen molar-refractivity contribution in [2.24, 2.45) is 0 Å². The molecule has 1 unspecified atom stereocenters. The van der Waals surface area contributed by atoms with Crippen LogP contribution in [0.1, 0.15) is 49.9 Å². The predicted molar refractivity (Wildman–Crippen MR) is 88.2 cm³/mol. The van der Waals surface area contributed by atoms with Gasteiger partial charge in [0.05, 0.1) is 6.54 Å². The lowest BCUT2D eigenvalue weighted by Crippen LogP contribution is -2.40. The van der Waals surface area contributed by atoms with Crippen LogP contribution >= 0.6 is 15.9 Å². The molecule has 1 aromatic rings. The fourth-order valence-corrected chi connectivity index (χ4v) is 2.39. The Bertz CT molecular complexity index is 477. The molecule has 0 spiro atoms. The molecule has 0 heterocycles. The predicted octanol–water partition coefficient (Wildman–Crippen LogP) is 3.26. The Morgan fingerprint density at radius 2 is 2.05 bits per heavy atom. The lowest BCUT2D eigenvalue weighted by atomic mass is 10.1. The van der Waals surface area contributed by atoms with Gasteiger partial charge in [-0.1, -0.05) is 48.2 Å². The standard InChI is InChI=1S/C16H23BrN2O2/c1-3-4-5-7-12(2)19-15(20)11-18-16(21)13-8-6-9-14(17)10-13/h6,8-10,12H,3-5,7,11H2,1-2H3,(H,18,21)(H,19,20). The van der Waals surface area contributed by atoms with E-state index in [4.69, 9.17) is 0 Å². The van der Waals surface area contributed by atoms with E-state index in [9.17, 15) is 9.59 Å². The zero-order valence-corrected chi connectivity index (χ0v) is 14.2. The Morgan fingerprint density at radius 1 is 1.29 bits per heavy atom. The van der Waals surface area contributed by atoms with Gasteiger partial charge in [-0.15, -0.1) is 0 Å². The van der Waals surface area contributed by atoms with Crippen molar-refractivity contribution in [1.82, 2.24) is 10.6 Å². The van der Waals surface area contributed by atoms with E-state index in [0.29, 0.717) is 5.56 Å². The monoisotopic (exact) mass is 354 g/mol. The molecule has 0 aromatic heterocycles. The highest BCUT2D eigenvalue weighted by atomic mass is 79.9. The lowest BCUT2D eigenvalue weighted by Gasteiger charge is -2.14. The van der Waals surface area contributed by atoms with Crippen LogP contribution in [0.4, 0.5) is 0 Å². The first kappa shape index (κ1) is 17.7. The van der Waals surface area contributed by atoms with Crippen LogP contribution in [0, 0.1) is 0 Å². The van der Waals surface area contributed by atoms with Gasteiger partial charge in [-0.3, -0.25) is 9.59 Å². The van der Waals surface area contributed by atoms with Crippen LogP contribution in [-0.2, 0) is 4.79 Å². The van der Waals surface area contributed by atoms with E-state index < -0.39 is 0 Å². The molecule has 2 N–H and O–H groups in total. The third-order valence-electron chi connectivity index (χ3n) is 3.14. The van der Waals surface area contributed by atoms with Gasteiger partial charge in [-0.25, -0.2) is 0 Å². The largest absolute Gasteiger partial charge is 0.352 e. The second-order valence-electron chi connectivity index (χ2n) is 5.16. The number of benzene rings is 1. The van der Waals surface area contributed by atoms with Gasteiger partial charge in [0.1, 0.15) is 0 Å². The Balaban J connectivity index is 2.31. The smallest absolute Gasteiger partial charge is 0.251 e. The molecule has 0 aliphatic heterocycles. The van der Waals surface area contributed by atoms with E-state index in [2.05, 4.69) is 33.5 Å².